The monoisotopic (exact) mass is 745 g/mol. The summed E-state index contributed by atoms with van der Waals surface area (Å²) >= 11 is 0. The van der Waals surface area contributed by atoms with Gasteiger partial charge in [-0.05, 0) is 51.0 Å². The Balaban J connectivity index is 4.32. The number of carbonyl (C=O) groups excluding carboxylic acids is 1. The third-order valence-electron chi connectivity index (χ3n) is 9.08. The Morgan fingerprint density at radius 1 is 0.608 bits per heavy atom. The molecule has 1 unspecified atom stereocenters. The van der Waals surface area contributed by atoms with Crippen LogP contribution in [0.3, 0.4) is 0 Å². The topological polar surface area (TPSA) is 91.3 Å². The van der Waals surface area contributed by atoms with Gasteiger partial charge in [0.05, 0.1) is 34.0 Å². The molecule has 0 aromatic rings. The third kappa shape index (κ3) is 39.9. The fraction of sp³-hybridized carbons (Fsp3) is 0.881. The van der Waals surface area contributed by atoms with Crippen molar-refractivity contribution in [3.63, 3.8) is 0 Å². The number of allylic oxidation sites excluding steroid dienone is 3. The smallest absolute Gasteiger partial charge is 0.472 e. The molecule has 0 saturated carbocycles. The maximum Gasteiger partial charge on any atom is 0.472 e. The van der Waals surface area contributed by atoms with E-state index in [0.29, 0.717) is 17.4 Å². The second-order valence-electron chi connectivity index (χ2n) is 15.4. The number of esters is 1. The van der Waals surface area contributed by atoms with E-state index in [4.69, 9.17) is 18.5 Å². The number of nitrogens with zero attached hydrogens (tertiary/aromatic N) is 1. The lowest BCUT2D eigenvalue weighted by Gasteiger charge is -2.24. The van der Waals surface area contributed by atoms with Crippen LogP contribution in [0.2, 0.25) is 0 Å². The number of carbonyl (C=O) groups is 1. The normalized spacial score (nSPS) is 14.0. The summed E-state index contributed by atoms with van der Waals surface area (Å²) in [6.07, 6.45) is 40.1. The maximum atomic E-state index is 12.6. The highest BCUT2D eigenvalue weighted by atomic mass is 31.2. The quantitative estimate of drug-likeness (QED) is 0.0167. The van der Waals surface area contributed by atoms with Crippen LogP contribution in [-0.2, 0) is 27.9 Å². The molecule has 1 N–H and O–H groups in total. The lowest BCUT2D eigenvalue weighted by Crippen LogP contribution is -2.37. The molecule has 0 heterocycles. The van der Waals surface area contributed by atoms with Crippen molar-refractivity contribution < 1.29 is 37.3 Å². The zero-order valence-electron chi connectivity index (χ0n) is 34.1. The number of quaternary nitrogens is 1. The van der Waals surface area contributed by atoms with E-state index in [1.54, 1.807) is 6.26 Å². The minimum Gasteiger partial charge on any atom is -0.498 e. The number of likely N-dealkylation sites (N-methyl/N-ethyl adjacent to an activating group) is 1. The fourth-order valence-electron chi connectivity index (χ4n) is 5.75. The van der Waals surface area contributed by atoms with Gasteiger partial charge in [0.2, 0.25) is 0 Å². The molecule has 0 bridgehead atoms. The van der Waals surface area contributed by atoms with Gasteiger partial charge in [0.15, 0.2) is 6.10 Å². The average Bonchev–Trinajstić information content (AvgIpc) is 3.08. The second kappa shape index (κ2) is 35.8. The number of phosphoric acid groups is 1. The summed E-state index contributed by atoms with van der Waals surface area (Å²) in [6.45, 7) is 4.92. The van der Waals surface area contributed by atoms with Crippen molar-refractivity contribution in [2.24, 2.45) is 0 Å². The van der Waals surface area contributed by atoms with E-state index in [0.717, 1.165) is 44.9 Å². The zero-order chi connectivity index (χ0) is 37.7. The van der Waals surface area contributed by atoms with Crippen LogP contribution in [0.15, 0.2) is 24.5 Å². The molecule has 0 aliphatic heterocycles. The van der Waals surface area contributed by atoms with Crippen LogP contribution >= 0.6 is 7.82 Å². The predicted molar refractivity (Wildman–Crippen MR) is 215 cm³/mol. The second-order valence-corrected chi connectivity index (χ2v) is 16.9. The van der Waals surface area contributed by atoms with Gasteiger partial charge in [0.25, 0.3) is 0 Å². The average molecular weight is 745 g/mol. The van der Waals surface area contributed by atoms with Crippen LogP contribution in [0, 0.1) is 0 Å². The first kappa shape index (κ1) is 49.8. The summed E-state index contributed by atoms with van der Waals surface area (Å²) in [5.74, 6) is -0.343. The Kier molecular flexibility index (Phi) is 35.0. The molecule has 0 aromatic carbocycles. The highest BCUT2D eigenvalue weighted by molar-refractivity contribution is 7.47. The van der Waals surface area contributed by atoms with Gasteiger partial charge in [0.1, 0.15) is 19.8 Å². The van der Waals surface area contributed by atoms with Crippen molar-refractivity contribution in [2.45, 2.75) is 193 Å². The number of ether oxygens (including phenoxy) is 2. The molecular weight excluding hydrogens is 661 g/mol. The van der Waals surface area contributed by atoms with Gasteiger partial charge in [-0.3, -0.25) is 13.8 Å². The minimum absolute atomic E-state index is 0.0476. The highest BCUT2D eigenvalue weighted by Gasteiger charge is 2.26. The van der Waals surface area contributed by atoms with Gasteiger partial charge < -0.3 is 18.9 Å². The van der Waals surface area contributed by atoms with Crippen LogP contribution < -0.4 is 0 Å². The number of hydrogen-bond acceptors (Lipinski definition) is 6. The Hall–Kier alpha value is -1.18. The standard InChI is InChI=1S/C42H82NO7P/c1-6-8-10-12-14-16-18-20-22-23-25-27-29-31-33-35-42(44)50-41(40-49-51(45,46)48-38-36-43(3,4)5)39-47-37-34-32-30-28-26-24-21-19-17-15-13-11-9-7-2/h20,22,34,37,41H,6-19,21,23-33,35-36,38-40H2,1-5H3/p+1/b22-20+,37-34+/t41-/m1/s1. The van der Waals surface area contributed by atoms with Gasteiger partial charge in [-0.15, -0.1) is 0 Å². The molecule has 51 heavy (non-hydrogen) atoms. The van der Waals surface area contributed by atoms with E-state index in [2.05, 4.69) is 26.0 Å². The van der Waals surface area contributed by atoms with Crippen molar-refractivity contribution in [3.05, 3.63) is 24.5 Å². The van der Waals surface area contributed by atoms with E-state index < -0.39 is 13.9 Å². The minimum atomic E-state index is -4.29. The molecule has 0 saturated heterocycles. The van der Waals surface area contributed by atoms with Crippen LogP contribution in [0.1, 0.15) is 187 Å². The molecule has 0 aliphatic rings. The Morgan fingerprint density at radius 3 is 1.51 bits per heavy atom. The molecule has 0 fully saturated rings. The Bertz CT molecular complexity index is 874. The highest BCUT2D eigenvalue weighted by Crippen LogP contribution is 2.43. The summed E-state index contributed by atoms with van der Waals surface area (Å²) in [5.41, 5.74) is 0. The summed E-state index contributed by atoms with van der Waals surface area (Å²) in [4.78, 5) is 22.8. The molecule has 8 nitrogen and oxygen atoms in total. The van der Waals surface area contributed by atoms with Crippen LogP contribution in [-0.4, -0.2) is 69.0 Å². The van der Waals surface area contributed by atoms with Crippen molar-refractivity contribution in [2.75, 3.05) is 47.5 Å². The van der Waals surface area contributed by atoms with E-state index >= 15 is 0 Å². The van der Waals surface area contributed by atoms with Gasteiger partial charge >= 0.3 is 13.8 Å². The largest absolute Gasteiger partial charge is 0.498 e. The SMILES string of the molecule is CCCCCCCC/C=C/CCCCCCCC(=O)O[C@H](CO/C=C/CCCCCCCCCCCCCC)COP(=O)(O)OCC[N+](C)(C)C. The predicted octanol–water partition coefficient (Wildman–Crippen LogP) is 12.4. The Morgan fingerprint density at radius 2 is 1.04 bits per heavy atom. The van der Waals surface area contributed by atoms with Crippen molar-refractivity contribution in [3.8, 4) is 0 Å². The lowest BCUT2D eigenvalue weighted by molar-refractivity contribution is -0.870. The zero-order valence-corrected chi connectivity index (χ0v) is 35.0. The van der Waals surface area contributed by atoms with Crippen molar-refractivity contribution in [1.29, 1.82) is 0 Å². The first-order valence-electron chi connectivity index (χ1n) is 21.1. The molecule has 9 heteroatoms. The molecular formula is C42H83NO7P+. The molecule has 2 atom stereocenters. The van der Waals surface area contributed by atoms with Crippen LogP contribution in [0.5, 0.6) is 0 Å². The van der Waals surface area contributed by atoms with Gasteiger partial charge in [-0.2, -0.15) is 0 Å². The number of phosphoric ester groups is 1. The van der Waals surface area contributed by atoms with Gasteiger partial charge in [0, 0.05) is 6.42 Å². The van der Waals surface area contributed by atoms with E-state index in [9.17, 15) is 14.3 Å². The number of hydrogen-bond donors (Lipinski definition) is 1. The molecule has 0 radical (unpaired) electrons. The van der Waals surface area contributed by atoms with Gasteiger partial charge in [-0.25, -0.2) is 4.57 Å². The van der Waals surface area contributed by atoms with E-state index in [1.165, 1.54) is 122 Å². The van der Waals surface area contributed by atoms with Crippen molar-refractivity contribution >= 4 is 13.8 Å². The fourth-order valence-corrected chi connectivity index (χ4v) is 6.49. The summed E-state index contributed by atoms with van der Waals surface area (Å²) in [7, 11) is 1.63. The molecule has 0 aromatic heterocycles. The molecule has 302 valence electrons. The molecule has 0 rings (SSSR count). The molecule has 0 amide bonds. The van der Waals surface area contributed by atoms with E-state index in [1.807, 2.05) is 27.2 Å². The lowest BCUT2D eigenvalue weighted by atomic mass is 10.0. The van der Waals surface area contributed by atoms with Crippen molar-refractivity contribution in [1.82, 2.24) is 0 Å². The maximum absolute atomic E-state index is 12.6. The Labute approximate surface area is 315 Å². The number of unbranched alkanes of at least 4 members (excludes halogenated alkanes) is 23. The van der Waals surface area contributed by atoms with Crippen LogP contribution in [0.4, 0.5) is 0 Å². The van der Waals surface area contributed by atoms with E-state index in [-0.39, 0.29) is 25.8 Å². The third-order valence-corrected chi connectivity index (χ3v) is 10.1. The first-order valence-corrected chi connectivity index (χ1v) is 22.6. The van der Waals surface area contributed by atoms with Gasteiger partial charge in [-0.1, -0.05) is 148 Å². The first-order chi connectivity index (χ1) is 24.6. The molecule has 0 spiro atoms. The molecule has 0 aliphatic carbocycles. The summed E-state index contributed by atoms with van der Waals surface area (Å²) < 4.78 is 34.7. The summed E-state index contributed by atoms with van der Waals surface area (Å²) in [6, 6.07) is 0. The van der Waals surface area contributed by atoms with Crippen LogP contribution in [0.25, 0.3) is 0 Å². The number of rotatable bonds is 39. The summed E-state index contributed by atoms with van der Waals surface area (Å²) in [5, 5.41) is 0.